The van der Waals surface area contributed by atoms with Crippen molar-refractivity contribution in [1.29, 1.82) is 0 Å². The lowest BCUT2D eigenvalue weighted by Crippen LogP contribution is -2.41. The largest absolute Gasteiger partial charge is 0.378 e. The van der Waals surface area contributed by atoms with Gasteiger partial charge >= 0.3 is 0 Å². The molecule has 1 saturated heterocycles. The fourth-order valence-electron chi connectivity index (χ4n) is 3.66. The van der Waals surface area contributed by atoms with Gasteiger partial charge in [0.15, 0.2) is 0 Å². The fraction of sp³-hybridized carbons (Fsp3) is 0.476. The number of morpholine rings is 1. The summed E-state index contributed by atoms with van der Waals surface area (Å²) in [6.45, 7) is 9.46. The third kappa shape index (κ3) is 4.24. The SMILES string of the molecule is Cc1ccc(C)c(CNS(=O)(=O)c2c(C(=O)N3CCOCC3)c(C)n(C)c2C)c1. The molecule has 2 aromatic rings. The van der Waals surface area contributed by atoms with Gasteiger partial charge in [0, 0.05) is 38.1 Å². The molecule has 0 radical (unpaired) electrons. The number of sulfonamides is 1. The maximum absolute atomic E-state index is 13.3. The lowest BCUT2D eigenvalue weighted by atomic mass is 10.1. The van der Waals surface area contributed by atoms with Crippen molar-refractivity contribution in [2.24, 2.45) is 7.05 Å². The maximum Gasteiger partial charge on any atom is 0.257 e. The Morgan fingerprint density at radius 1 is 1.10 bits per heavy atom. The van der Waals surface area contributed by atoms with Gasteiger partial charge in [-0.25, -0.2) is 13.1 Å². The molecule has 158 valence electrons. The third-order valence-corrected chi connectivity index (χ3v) is 7.22. The van der Waals surface area contributed by atoms with Crippen LogP contribution in [0.5, 0.6) is 0 Å². The molecule has 1 fully saturated rings. The molecule has 0 saturated carbocycles. The second kappa shape index (κ2) is 8.30. The van der Waals surface area contributed by atoms with Crippen LogP contribution >= 0.6 is 0 Å². The highest BCUT2D eigenvalue weighted by Gasteiger charge is 2.33. The number of rotatable bonds is 5. The van der Waals surface area contributed by atoms with Crippen molar-refractivity contribution >= 4 is 15.9 Å². The molecular formula is C21H29N3O4S. The van der Waals surface area contributed by atoms with Crippen molar-refractivity contribution in [1.82, 2.24) is 14.2 Å². The summed E-state index contributed by atoms with van der Waals surface area (Å²) in [5.41, 5.74) is 4.45. The monoisotopic (exact) mass is 419 g/mol. The molecule has 1 aromatic heterocycles. The predicted octanol–water partition coefficient (Wildman–Crippen LogP) is 2.21. The molecule has 3 rings (SSSR count). The minimum absolute atomic E-state index is 0.0688. The summed E-state index contributed by atoms with van der Waals surface area (Å²) in [7, 11) is -2.10. The first-order chi connectivity index (χ1) is 13.6. The van der Waals surface area contributed by atoms with Crippen LogP contribution in [0, 0.1) is 27.7 Å². The minimum Gasteiger partial charge on any atom is -0.378 e. The Balaban J connectivity index is 1.97. The van der Waals surface area contributed by atoms with E-state index in [2.05, 4.69) is 4.72 Å². The van der Waals surface area contributed by atoms with E-state index in [1.54, 1.807) is 30.4 Å². The van der Waals surface area contributed by atoms with E-state index in [1.165, 1.54) is 0 Å². The Hall–Kier alpha value is -2.16. The molecule has 0 aliphatic carbocycles. The first-order valence-corrected chi connectivity index (χ1v) is 11.2. The summed E-state index contributed by atoms with van der Waals surface area (Å²) in [6.07, 6.45) is 0. The molecular weight excluding hydrogens is 390 g/mol. The lowest BCUT2D eigenvalue weighted by Gasteiger charge is -2.27. The van der Waals surface area contributed by atoms with Crippen LogP contribution in [0.4, 0.5) is 0 Å². The van der Waals surface area contributed by atoms with Gasteiger partial charge in [0.2, 0.25) is 10.0 Å². The molecule has 1 amide bonds. The number of carbonyl (C=O) groups is 1. The van der Waals surface area contributed by atoms with Gasteiger partial charge in [-0.3, -0.25) is 4.79 Å². The standard InChI is InChI=1S/C21H29N3O4S/c1-14-6-7-15(2)18(12-14)13-22-29(26,27)20-17(4)23(5)16(3)19(20)21(25)24-8-10-28-11-9-24/h6-7,12,22H,8-11,13H2,1-5H3. The van der Waals surface area contributed by atoms with Crippen molar-refractivity contribution in [2.75, 3.05) is 26.3 Å². The normalized spacial score (nSPS) is 15.0. The summed E-state index contributed by atoms with van der Waals surface area (Å²) in [4.78, 5) is 14.9. The maximum atomic E-state index is 13.3. The Morgan fingerprint density at radius 3 is 2.41 bits per heavy atom. The number of aryl methyl sites for hydroxylation is 2. The zero-order valence-electron chi connectivity index (χ0n) is 17.7. The molecule has 0 atom stereocenters. The summed E-state index contributed by atoms with van der Waals surface area (Å²) >= 11 is 0. The average molecular weight is 420 g/mol. The number of hydrogen-bond acceptors (Lipinski definition) is 4. The fourth-order valence-corrected chi connectivity index (χ4v) is 5.18. The van der Waals surface area contributed by atoms with Crippen LogP contribution in [0.15, 0.2) is 23.1 Å². The Kier molecular flexibility index (Phi) is 6.16. The number of nitrogens with one attached hydrogen (secondary N) is 1. The molecule has 0 spiro atoms. The van der Waals surface area contributed by atoms with E-state index < -0.39 is 10.0 Å². The quantitative estimate of drug-likeness (QED) is 0.806. The van der Waals surface area contributed by atoms with Gasteiger partial charge in [-0.05, 0) is 38.8 Å². The van der Waals surface area contributed by atoms with Crippen LogP contribution in [0.2, 0.25) is 0 Å². The van der Waals surface area contributed by atoms with Crippen LogP contribution < -0.4 is 4.72 Å². The second-order valence-corrected chi connectivity index (χ2v) is 9.30. The highest BCUT2D eigenvalue weighted by molar-refractivity contribution is 7.89. The Bertz CT molecular complexity index is 1030. The summed E-state index contributed by atoms with van der Waals surface area (Å²) in [5, 5.41) is 0. The van der Waals surface area contributed by atoms with Crippen LogP contribution in [0.1, 0.15) is 38.4 Å². The minimum atomic E-state index is -3.88. The molecule has 2 heterocycles. The van der Waals surface area contributed by atoms with Gasteiger partial charge < -0.3 is 14.2 Å². The van der Waals surface area contributed by atoms with Gasteiger partial charge in [0.1, 0.15) is 4.90 Å². The molecule has 8 heteroatoms. The molecule has 29 heavy (non-hydrogen) atoms. The van der Waals surface area contributed by atoms with Gasteiger partial charge in [0.05, 0.1) is 18.8 Å². The number of carbonyl (C=O) groups excluding carboxylic acids is 1. The zero-order valence-corrected chi connectivity index (χ0v) is 18.5. The highest BCUT2D eigenvalue weighted by Crippen LogP contribution is 2.28. The smallest absolute Gasteiger partial charge is 0.257 e. The summed E-state index contributed by atoms with van der Waals surface area (Å²) in [6, 6.07) is 5.95. The van der Waals surface area contributed by atoms with Crippen LogP contribution in [0.3, 0.4) is 0 Å². The summed E-state index contributed by atoms with van der Waals surface area (Å²) < 4.78 is 36.3. The Labute approximate surface area is 172 Å². The van der Waals surface area contributed by atoms with Crippen molar-refractivity contribution in [3.8, 4) is 0 Å². The van der Waals surface area contributed by atoms with Gasteiger partial charge in [-0.15, -0.1) is 0 Å². The van der Waals surface area contributed by atoms with E-state index in [9.17, 15) is 13.2 Å². The number of hydrogen-bond donors (Lipinski definition) is 1. The van der Waals surface area contributed by atoms with Crippen molar-refractivity contribution in [3.63, 3.8) is 0 Å². The van der Waals surface area contributed by atoms with Crippen LogP contribution in [0.25, 0.3) is 0 Å². The van der Waals surface area contributed by atoms with Gasteiger partial charge in [0.25, 0.3) is 5.91 Å². The van der Waals surface area contributed by atoms with Crippen LogP contribution in [-0.4, -0.2) is 50.1 Å². The molecule has 1 aliphatic heterocycles. The topological polar surface area (TPSA) is 80.6 Å². The van der Waals surface area contributed by atoms with Crippen molar-refractivity contribution in [2.45, 2.75) is 39.1 Å². The second-order valence-electron chi connectivity index (χ2n) is 7.59. The zero-order chi connectivity index (χ0) is 21.3. The molecule has 7 nitrogen and oxygen atoms in total. The van der Waals surface area contributed by atoms with Crippen molar-refractivity contribution < 1.29 is 17.9 Å². The molecule has 0 bridgehead atoms. The predicted molar refractivity (Wildman–Crippen MR) is 112 cm³/mol. The lowest BCUT2D eigenvalue weighted by molar-refractivity contribution is 0.0300. The first-order valence-electron chi connectivity index (χ1n) is 9.72. The van der Waals surface area contributed by atoms with E-state index in [1.807, 2.05) is 32.0 Å². The molecule has 1 aliphatic rings. The third-order valence-electron chi connectivity index (χ3n) is 5.66. The Morgan fingerprint density at radius 2 is 1.76 bits per heavy atom. The summed E-state index contributed by atoms with van der Waals surface area (Å²) in [5.74, 6) is -0.262. The van der Waals surface area contributed by atoms with Gasteiger partial charge in [-0.1, -0.05) is 23.8 Å². The van der Waals surface area contributed by atoms with E-state index in [-0.39, 0.29) is 22.9 Å². The van der Waals surface area contributed by atoms with E-state index in [4.69, 9.17) is 4.74 Å². The van der Waals surface area contributed by atoms with Crippen molar-refractivity contribution in [3.05, 3.63) is 51.8 Å². The number of ether oxygens (including phenoxy) is 1. The van der Waals surface area contributed by atoms with E-state index in [0.29, 0.717) is 37.7 Å². The molecule has 1 aromatic carbocycles. The van der Waals surface area contributed by atoms with Gasteiger partial charge in [-0.2, -0.15) is 0 Å². The number of amides is 1. The average Bonchev–Trinajstić information content (AvgIpc) is 2.93. The van der Waals surface area contributed by atoms with Crippen LogP contribution in [-0.2, 0) is 28.4 Å². The molecule has 1 N–H and O–H groups in total. The van der Waals surface area contributed by atoms with E-state index >= 15 is 0 Å². The first kappa shape index (κ1) is 21.5. The van der Waals surface area contributed by atoms with E-state index in [0.717, 1.165) is 16.7 Å². The number of aromatic nitrogens is 1. The number of nitrogens with zero attached hydrogens (tertiary/aromatic N) is 2. The molecule has 0 unspecified atom stereocenters. The number of benzene rings is 1. The highest BCUT2D eigenvalue weighted by atomic mass is 32.2.